The Morgan fingerprint density at radius 1 is 1.07 bits per heavy atom. The summed E-state index contributed by atoms with van der Waals surface area (Å²) in [6.07, 6.45) is -1.05. The molecule has 0 aliphatic heterocycles. The molecule has 0 aliphatic rings. The van der Waals surface area contributed by atoms with Crippen LogP contribution < -0.4 is 10.1 Å². The molecule has 0 fully saturated rings. The molecule has 2 aromatic carbocycles. The van der Waals surface area contributed by atoms with Gasteiger partial charge in [0.2, 0.25) is 0 Å². The minimum absolute atomic E-state index is 0.218. The lowest BCUT2D eigenvalue weighted by atomic mass is 10.2. The van der Waals surface area contributed by atoms with E-state index in [1.54, 1.807) is 31.4 Å². The summed E-state index contributed by atoms with van der Waals surface area (Å²) in [5.74, 6) is -0.555. The molecule has 0 aliphatic carbocycles. The van der Waals surface area contributed by atoms with Gasteiger partial charge in [0.15, 0.2) is 6.10 Å². The normalized spacial score (nSPS) is 11.9. The highest BCUT2D eigenvalue weighted by molar-refractivity contribution is 7.21. The third kappa shape index (κ3) is 4.52. The maximum atomic E-state index is 12.5. The second-order valence-electron chi connectivity index (χ2n) is 5.80. The van der Waals surface area contributed by atoms with E-state index in [2.05, 4.69) is 5.32 Å². The minimum atomic E-state index is -1.05. The number of esters is 1. The zero-order chi connectivity index (χ0) is 20.4. The van der Waals surface area contributed by atoms with Crippen molar-refractivity contribution in [3.05, 3.63) is 56.3 Å². The van der Waals surface area contributed by atoms with Gasteiger partial charge in [-0.05, 0) is 43.3 Å². The molecule has 0 radical (unpaired) electrons. The fourth-order valence-corrected chi connectivity index (χ4v) is 4.39. The summed E-state index contributed by atoms with van der Waals surface area (Å²) in [6.45, 7) is 1.46. The molecule has 0 spiro atoms. The fourth-order valence-electron chi connectivity index (χ4n) is 2.44. The van der Waals surface area contributed by atoms with Crippen molar-refractivity contribution in [2.45, 2.75) is 13.0 Å². The van der Waals surface area contributed by atoms with Crippen LogP contribution in [0.5, 0.6) is 5.75 Å². The van der Waals surface area contributed by atoms with E-state index >= 15 is 0 Å². The van der Waals surface area contributed by atoms with Crippen LogP contribution in [0.1, 0.15) is 16.6 Å². The first-order chi connectivity index (χ1) is 13.3. The number of amides is 1. The van der Waals surface area contributed by atoms with Crippen molar-refractivity contribution in [2.24, 2.45) is 0 Å². The fraction of sp³-hybridized carbons (Fsp3) is 0.158. The van der Waals surface area contributed by atoms with Gasteiger partial charge in [0.05, 0.1) is 12.1 Å². The van der Waals surface area contributed by atoms with E-state index in [9.17, 15) is 9.59 Å². The van der Waals surface area contributed by atoms with Gasteiger partial charge in [-0.25, -0.2) is 4.79 Å². The second kappa shape index (κ2) is 8.57. The molecule has 0 saturated carbocycles. The molecule has 1 aromatic heterocycles. The van der Waals surface area contributed by atoms with Crippen molar-refractivity contribution in [1.82, 2.24) is 0 Å². The number of anilines is 1. The van der Waals surface area contributed by atoms with Gasteiger partial charge in [0, 0.05) is 25.8 Å². The first kappa shape index (κ1) is 20.7. The number of halogens is 3. The Labute approximate surface area is 180 Å². The summed E-state index contributed by atoms with van der Waals surface area (Å²) in [6, 6.07) is 9.92. The summed E-state index contributed by atoms with van der Waals surface area (Å²) in [7, 11) is 1.55. The molecule has 3 aromatic rings. The monoisotopic (exact) mass is 457 g/mol. The average Bonchev–Trinajstić information content (AvgIpc) is 2.96. The molecule has 9 heteroatoms. The standard InChI is InChI=1S/C19H14Cl3NO4S/c1-9(18(24)23-12-6-10(20)5-11(21)7-12)27-19(25)17-16(22)14-4-3-13(26-2)8-15(14)28-17/h3-9H,1-2H3,(H,23,24). The Kier molecular flexibility index (Phi) is 6.35. The SMILES string of the molecule is COc1ccc2c(Cl)c(C(=O)OC(C)C(=O)Nc3cc(Cl)cc(Cl)c3)sc2c1. The van der Waals surface area contributed by atoms with Crippen LogP contribution in [-0.4, -0.2) is 25.1 Å². The smallest absolute Gasteiger partial charge is 0.350 e. The number of ether oxygens (including phenoxy) is 2. The Hall–Kier alpha value is -1.99. The molecule has 1 N–H and O–H groups in total. The third-order valence-corrected chi connectivity index (χ3v) is 5.88. The maximum absolute atomic E-state index is 12.5. The largest absolute Gasteiger partial charge is 0.497 e. The molecule has 1 unspecified atom stereocenters. The van der Waals surface area contributed by atoms with Crippen LogP contribution in [-0.2, 0) is 9.53 Å². The van der Waals surface area contributed by atoms with Gasteiger partial charge < -0.3 is 14.8 Å². The molecule has 3 rings (SSSR count). The molecule has 0 bridgehead atoms. The predicted octanol–water partition coefficient (Wildman–Crippen LogP) is 6.05. The number of hydrogen-bond acceptors (Lipinski definition) is 5. The van der Waals surface area contributed by atoms with Crippen molar-refractivity contribution in [2.75, 3.05) is 12.4 Å². The van der Waals surface area contributed by atoms with Crippen molar-refractivity contribution >= 4 is 73.8 Å². The zero-order valence-corrected chi connectivity index (χ0v) is 17.8. The quantitative estimate of drug-likeness (QED) is 0.472. The van der Waals surface area contributed by atoms with Gasteiger partial charge in [0.1, 0.15) is 10.6 Å². The number of fused-ring (bicyclic) bond motifs is 1. The number of hydrogen-bond donors (Lipinski definition) is 1. The first-order valence-corrected chi connectivity index (χ1v) is 9.97. The molecule has 0 saturated heterocycles. The third-order valence-electron chi connectivity index (χ3n) is 3.81. The average molecular weight is 459 g/mol. The van der Waals surface area contributed by atoms with Crippen LogP contribution in [0.2, 0.25) is 15.1 Å². The Morgan fingerprint density at radius 3 is 2.39 bits per heavy atom. The molecule has 5 nitrogen and oxygen atoms in total. The van der Waals surface area contributed by atoms with E-state index in [0.717, 1.165) is 4.70 Å². The highest BCUT2D eigenvalue weighted by Crippen LogP contribution is 2.37. The van der Waals surface area contributed by atoms with E-state index in [1.165, 1.54) is 30.4 Å². The van der Waals surface area contributed by atoms with Crippen LogP contribution in [0.15, 0.2) is 36.4 Å². The molecular weight excluding hydrogens is 445 g/mol. The molecule has 28 heavy (non-hydrogen) atoms. The Balaban J connectivity index is 1.73. The Bertz CT molecular complexity index is 1050. The van der Waals surface area contributed by atoms with Crippen molar-refractivity contribution < 1.29 is 19.1 Å². The molecule has 1 atom stereocenters. The van der Waals surface area contributed by atoms with Gasteiger partial charge in [-0.1, -0.05) is 34.8 Å². The summed E-state index contributed by atoms with van der Waals surface area (Å²) in [5, 5.41) is 4.35. The van der Waals surface area contributed by atoms with Crippen LogP contribution in [0, 0.1) is 0 Å². The number of carbonyl (C=O) groups is 2. The lowest BCUT2D eigenvalue weighted by Gasteiger charge is -2.13. The highest BCUT2D eigenvalue weighted by Gasteiger charge is 2.24. The minimum Gasteiger partial charge on any atom is -0.497 e. The van der Waals surface area contributed by atoms with Crippen molar-refractivity contribution in [3.8, 4) is 5.75 Å². The van der Waals surface area contributed by atoms with Crippen molar-refractivity contribution in [3.63, 3.8) is 0 Å². The van der Waals surface area contributed by atoms with E-state index in [1.807, 2.05) is 0 Å². The summed E-state index contributed by atoms with van der Waals surface area (Å²) in [5.41, 5.74) is 0.400. The summed E-state index contributed by atoms with van der Waals surface area (Å²) < 4.78 is 11.2. The van der Waals surface area contributed by atoms with E-state index in [4.69, 9.17) is 44.3 Å². The van der Waals surface area contributed by atoms with E-state index < -0.39 is 18.0 Å². The van der Waals surface area contributed by atoms with Gasteiger partial charge >= 0.3 is 5.97 Å². The number of carbonyl (C=O) groups excluding carboxylic acids is 2. The molecule has 1 amide bonds. The summed E-state index contributed by atoms with van der Waals surface area (Å²) in [4.78, 5) is 25.1. The first-order valence-electron chi connectivity index (χ1n) is 8.02. The van der Waals surface area contributed by atoms with Crippen LogP contribution >= 0.6 is 46.1 Å². The molecular formula is C19H14Cl3NO4S. The number of benzene rings is 2. The topological polar surface area (TPSA) is 64.6 Å². The van der Waals surface area contributed by atoms with E-state index in [0.29, 0.717) is 26.9 Å². The Morgan fingerprint density at radius 2 is 1.75 bits per heavy atom. The van der Waals surface area contributed by atoms with Crippen LogP contribution in [0.3, 0.4) is 0 Å². The number of methoxy groups -OCH3 is 1. The molecule has 1 heterocycles. The predicted molar refractivity (Wildman–Crippen MR) is 113 cm³/mol. The van der Waals surface area contributed by atoms with Gasteiger partial charge in [-0.2, -0.15) is 0 Å². The van der Waals surface area contributed by atoms with E-state index in [-0.39, 0.29) is 9.90 Å². The van der Waals surface area contributed by atoms with Crippen molar-refractivity contribution in [1.29, 1.82) is 0 Å². The maximum Gasteiger partial charge on any atom is 0.350 e. The number of nitrogens with one attached hydrogen (secondary N) is 1. The van der Waals surface area contributed by atoms with Gasteiger partial charge in [0.25, 0.3) is 5.91 Å². The zero-order valence-electron chi connectivity index (χ0n) is 14.7. The lowest BCUT2D eigenvalue weighted by molar-refractivity contribution is -0.123. The molecule has 146 valence electrons. The second-order valence-corrected chi connectivity index (χ2v) is 8.11. The van der Waals surface area contributed by atoms with Gasteiger partial charge in [-0.3, -0.25) is 4.79 Å². The highest BCUT2D eigenvalue weighted by atomic mass is 35.5. The lowest BCUT2D eigenvalue weighted by Crippen LogP contribution is -2.29. The van der Waals surface area contributed by atoms with Crippen LogP contribution in [0.4, 0.5) is 5.69 Å². The number of thiophene rings is 1. The van der Waals surface area contributed by atoms with Gasteiger partial charge in [-0.15, -0.1) is 11.3 Å². The van der Waals surface area contributed by atoms with Crippen LogP contribution in [0.25, 0.3) is 10.1 Å². The number of rotatable bonds is 5. The summed E-state index contributed by atoms with van der Waals surface area (Å²) >= 11 is 19.3.